The van der Waals surface area contributed by atoms with Crippen LogP contribution in [0.4, 0.5) is 13.6 Å². The van der Waals surface area contributed by atoms with E-state index in [-0.39, 0.29) is 12.2 Å². The van der Waals surface area contributed by atoms with Crippen LogP contribution in [0, 0.1) is 0 Å². The van der Waals surface area contributed by atoms with Gasteiger partial charge in [-0.1, -0.05) is 0 Å². The second-order valence-corrected chi connectivity index (χ2v) is 4.84. The first-order valence-electron chi connectivity index (χ1n) is 5.47. The van der Waals surface area contributed by atoms with E-state index in [0.717, 1.165) is 4.68 Å². The lowest BCUT2D eigenvalue weighted by Crippen LogP contribution is -2.32. The van der Waals surface area contributed by atoms with Crippen LogP contribution in [0.2, 0.25) is 0 Å². The molecule has 0 aliphatic heterocycles. The molecule has 0 aliphatic carbocycles. The van der Waals surface area contributed by atoms with E-state index < -0.39 is 18.1 Å². The first-order valence-corrected chi connectivity index (χ1v) is 5.47. The summed E-state index contributed by atoms with van der Waals surface area (Å²) in [4.78, 5) is 11.3. The molecule has 0 saturated heterocycles. The number of hydrogen-bond acceptors (Lipinski definition) is 3. The molecule has 0 unspecified atom stereocenters. The third-order valence-electron chi connectivity index (χ3n) is 2.00. The molecule has 5 nitrogen and oxygen atoms in total. The summed E-state index contributed by atoms with van der Waals surface area (Å²) in [6, 6.07) is 1.25. The maximum absolute atomic E-state index is 12.5. The predicted octanol–water partition coefficient (Wildman–Crippen LogP) is 2.38. The van der Waals surface area contributed by atoms with Crippen molar-refractivity contribution in [1.29, 1.82) is 0 Å². The van der Waals surface area contributed by atoms with Gasteiger partial charge in [-0.15, -0.1) is 0 Å². The van der Waals surface area contributed by atoms with Crippen LogP contribution in [0.5, 0.6) is 0 Å². The average molecular weight is 261 g/mol. The van der Waals surface area contributed by atoms with Crippen LogP contribution in [-0.2, 0) is 18.3 Å². The van der Waals surface area contributed by atoms with Crippen molar-refractivity contribution in [3.05, 3.63) is 17.5 Å². The normalized spacial score (nSPS) is 11.7. The van der Waals surface area contributed by atoms with E-state index >= 15 is 0 Å². The number of carbonyl (C=O) groups is 1. The third kappa shape index (κ3) is 4.31. The Bertz CT molecular complexity index is 424. The molecule has 7 heteroatoms. The van der Waals surface area contributed by atoms with Gasteiger partial charge in [0.2, 0.25) is 0 Å². The van der Waals surface area contributed by atoms with Crippen LogP contribution in [0.3, 0.4) is 0 Å². The Kier molecular flexibility index (Phi) is 4.26. The van der Waals surface area contributed by atoms with E-state index in [2.05, 4.69) is 10.4 Å². The van der Waals surface area contributed by atoms with Gasteiger partial charge in [-0.2, -0.15) is 5.10 Å². The van der Waals surface area contributed by atoms with Gasteiger partial charge in [0.15, 0.2) is 0 Å². The predicted molar refractivity (Wildman–Crippen MR) is 61.2 cm³/mol. The molecule has 0 aliphatic rings. The van der Waals surface area contributed by atoms with E-state index in [1.165, 1.54) is 13.1 Å². The Morgan fingerprint density at radius 1 is 1.56 bits per heavy atom. The van der Waals surface area contributed by atoms with Crippen molar-refractivity contribution < 1.29 is 18.3 Å². The second kappa shape index (κ2) is 5.32. The zero-order valence-corrected chi connectivity index (χ0v) is 10.8. The van der Waals surface area contributed by atoms with Gasteiger partial charge in [-0.25, -0.2) is 13.6 Å². The van der Waals surface area contributed by atoms with Crippen LogP contribution >= 0.6 is 0 Å². The Morgan fingerprint density at radius 2 is 2.17 bits per heavy atom. The highest BCUT2D eigenvalue weighted by Gasteiger charge is 2.17. The zero-order chi connectivity index (χ0) is 13.9. The molecule has 1 N–H and O–H groups in total. The molecule has 0 spiro atoms. The molecule has 0 atom stereocenters. The number of halogens is 2. The lowest BCUT2D eigenvalue weighted by molar-refractivity contribution is 0.0523. The number of aromatic nitrogens is 2. The van der Waals surface area contributed by atoms with Gasteiger partial charge in [0.1, 0.15) is 11.3 Å². The molecule has 1 aromatic heterocycles. The van der Waals surface area contributed by atoms with Gasteiger partial charge in [0.25, 0.3) is 6.43 Å². The Hall–Kier alpha value is -1.66. The molecular weight excluding hydrogens is 244 g/mol. The van der Waals surface area contributed by atoms with E-state index in [9.17, 15) is 13.6 Å². The third-order valence-corrected chi connectivity index (χ3v) is 2.00. The minimum Gasteiger partial charge on any atom is -0.444 e. The summed E-state index contributed by atoms with van der Waals surface area (Å²) in [6.07, 6.45) is -3.19. The number of nitrogens with one attached hydrogen (secondary N) is 1. The summed E-state index contributed by atoms with van der Waals surface area (Å²) < 4.78 is 31.1. The van der Waals surface area contributed by atoms with Crippen LogP contribution in [0.15, 0.2) is 6.07 Å². The second-order valence-electron chi connectivity index (χ2n) is 4.84. The van der Waals surface area contributed by atoms with Crippen molar-refractivity contribution in [2.24, 2.45) is 7.05 Å². The van der Waals surface area contributed by atoms with Gasteiger partial charge in [0, 0.05) is 7.05 Å². The summed E-state index contributed by atoms with van der Waals surface area (Å²) in [5.74, 6) is 0. The zero-order valence-electron chi connectivity index (χ0n) is 10.8. The molecular formula is C11H17F2N3O2. The molecule has 0 saturated carbocycles. The van der Waals surface area contributed by atoms with Crippen molar-refractivity contribution in [3.8, 4) is 0 Å². The van der Waals surface area contributed by atoms with Crippen molar-refractivity contribution in [1.82, 2.24) is 15.1 Å². The first kappa shape index (κ1) is 14.4. The van der Waals surface area contributed by atoms with Gasteiger partial charge >= 0.3 is 6.09 Å². The van der Waals surface area contributed by atoms with Gasteiger partial charge < -0.3 is 10.1 Å². The van der Waals surface area contributed by atoms with Gasteiger partial charge in [-0.3, -0.25) is 4.68 Å². The summed E-state index contributed by atoms with van der Waals surface area (Å²) in [6.45, 7) is 5.27. The minimum atomic E-state index is -2.59. The highest BCUT2D eigenvalue weighted by molar-refractivity contribution is 5.67. The number of nitrogens with zero attached hydrogens (tertiary/aromatic N) is 2. The highest BCUT2D eigenvalue weighted by atomic mass is 19.3. The topological polar surface area (TPSA) is 56.2 Å². The van der Waals surface area contributed by atoms with Crippen LogP contribution < -0.4 is 5.32 Å². The number of rotatable bonds is 3. The average Bonchev–Trinajstić information content (AvgIpc) is 2.54. The highest BCUT2D eigenvalue weighted by Crippen LogP contribution is 2.18. The van der Waals surface area contributed by atoms with Crippen molar-refractivity contribution >= 4 is 6.09 Å². The Balaban J connectivity index is 2.54. The smallest absolute Gasteiger partial charge is 0.407 e. The van der Waals surface area contributed by atoms with E-state index in [1.54, 1.807) is 20.8 Å². The molecule has 18 heavy (non-hydrogen) atoms. The van der Waals surface area contributed by atoms with Gasteiger partial charge in [0.05, 0.1) is 12.2 Å². The van der Waals surface area contributed by atoms with Crippen molar-refractivity contribution in [3.63, 3.8) is 0 Å². The number of alkyl carbamates (subject to hydrolysis) is 1. The lowest BCUT2D eigenvalue weighted by atomic mass is 10.2. The molecule has 1 aromatic rings. The van der Waals surface area contributed by atoms with Crippen LogP contribution in [0.25, 0.3) is 0 Å². The van der Waals surface area contributed by atoms with E-state index in [0.29, 0.717) is 5.69 Å². The maximum Gasteiger partial charge on any atom is 0.407 e. The molecule has 102 valence electrons. The minimum absolute atomic E-state index is 0.0511. The van der Waals surface area contributed by atoms with Crippen molar-refractivity contribution in [2.75, 3.05) is 0 Å². The largest absolute Gasteiger partial charge is 0.444 e. The quantitative estimate of drug-likeness (QED) is 0.908. The number of ether oxygens (including phenoxy) is 1. The van der Waals surface area contributed by atoms with E-state index in [1.807, 2.05) is 0 Å². The molecule has 0 fully saturated rings. The Labute approximate surface area is 104 Å². The SMILES string of the molecule is Cn1nc(CNC(=O)OC(C)(C)C)cc1C(F)F. The fourth-order valence-corrected chi connectivity index (χ4v) is 1.31. The summed E-state index contributed by atoms with van der Waals surface area (Å²) in [7, 11) is 1.43. The van der Waals surface area contributed by atoms with Crippen LogP contribution in [-0.4, -0.2) is 21.5 Å². The summed E-state index contributed by atoms with van der Waals surface area (Å²) >= 11 is 0. The molecule has 0 radical (unpaired) electrons. The van der Waals surface area contributed by atoms with Crippen LogP contribution in [0.1, 0.15) is 38.6 Å². The molecule has 1 rings (SSSR count). The lowest BCUT2D eigenvalue weighted by Gasteiger charge is -2.19. The first-order chi connectivity index (χ1) is 8.19. The maximum atomic E-state index is 12.5. The summed E-state index contributed by atoms with van der Waals surface area (Å²) in [5, 5.41) is 6.32. The fraction of sp³-hybridized carbons (Fsp3) is 0.636. The summed E-state index contributed by atoms with van der Waals surface area (Å²) in [5.41, 5.74) is -0.419. The fourth-order valence-electron chi connectivity index (χ4n) is 1.31. The number of carbonyl (C=O) groups excluding carboxylic acids is 1. The Morgan fingerprint density at radius 3 is 2.61 bits per heavy atom. The molecule has 1 amide bonds. The molecule has 1 heterocycles. The number of amides is 1. The van der Waals surface area contributed by atoms with Gasteiger partial charge in [-0.05, 0) is 26.8 Å². The monoisotopic (exact) mass is 261 g/mol. The number of alkyl halides is 2. The number of hydrogen-bond donors (Lipinski definition) is 1. The van der Waals surface area contributed by atoms with E-state index in [4.69, 9.17) is 4.74 Å². The van der Waals surface area contributed by atoms with Crippen molar-refractivity contribution in [2.45, 2.75) is 39.3 Å². The molecule has 0 aromatic carbocycles. The standard InChI is InChI=1S/C11H17F2N3O2/c1-11(2,3)18-10(17)14-6-7-5-8(9(12)13)16(4)15-7/h5,9H,6H2,1-4H3,(H,14,17). The molecule has 0 bridgehead atoms. The number of aryl methyl sites for hydroxylation is 1.